The first kappa shape index (κ1) is 9.84. The fraction of sp³-hybridized carbons (Fsp3) is 1.00. The van der Waals surface area contributed by atoms with Crippen molar-refractivity contribution in [2.24, 2.45) is 0 Å². The van der Waals surface area contributed by atoms with Crippen LogP contribution in [-0.2, 0) is 0 Å². The molecule has 4 heteroatoms. The third-order valence-electron chi connectivity index (χ3n) is 2.46. The fourth-order valence-electron chi connectivity index (χ4n) is 1.65. The topological polar surface area (TPSA) is 3.24 Å². The first-order valence-corrected chi connectivity index (χ1v) is 8.22. The Morgan fingerprint density at radius 3 is 2.18 bits per heavy atom. The Morgan fingerprint density at radius 2 is 1.73 bits per heavy atom. The zero-order valence-electron chi connectivity index (χ0n) is 6.89. The van der Waals surface area contributed by atoms with Gasteiger partial charge in [0.2, 0.25) is 0 Å². The lowest BCUT2D eigenvalue weighted by Gasteiger charge is -2.31. The van der Waals surface area contributed by atoms with Gasteiger partial charge in [0.05, 0.1) is 0 Å². The summed E-state index contributed by atoms with van der Waals surface area (Å²) in [6.07, 6.45) is 6.67. The first-order chi connectivity index (χ1) is 5.22. The Kier molecular flexibility index (Phi) is 4.21. The number of rotatable bonds is 2. The SMILES string of the molecule is CN(C1CCCCC1)[SiH](Cl)Cl. The van der Waals surface area contributed by atoms with Crippen molar-refractivity contribution in [3.8, 4) is 0 Å². The van der Waals surface area contributed by atoms with Crippen LogP contribution in [0.15, 0.2) is 0 Å². The summed E-state index contributed by atoms with van der Waals surface area (Å²) in [5, 5.41) is 0. The third-order valence-corrected chi connectivity index (χ3v) is 5.34. The molecule has 1 aliphatic carbocycles. The van der Waals surface area contributed by atoms with Crippen LogP contribution in [-0.4, -0.2) is 25.2 Å². The lowest BCUT2D eigenvalue weighted by Crippen LogP contribution is -2.38. The van der Waals surface area contributed by atoms with Crippen LogP contribution in [0.1, 0.15) is 32.1 Å². The van der Waals surface area contributed by atoms with E-state index in [2.05, 4.69) is 11.6 Å². The smallest absolute Gasteiger partial charge is 0.303 e. The molecule has 0 spiro atoms. The van der Waals surface area contributed by atoms with Crippen molar-refractivity contribution < 1.29 is 0 Å². The van der Waals surface area contributed by atoms with Gasteiger partial charge in [0.1, 0.15) is 0 Å². The largest absolute Gasteiger partial charge is 0.309 e. The van der Waals surface area contributed by atoms with Crippen LogP contribution in [0.3, 0.4) is 0 Å². The molecule has 0 aromatic carbocycles. The summed E-state index contributed by atoms with van der Waals surface area (Å²) in [5.41, 5.74) is 0. The van der Waals surface area contributed by atoms with E-state index in [1.165, 1.54) is 32.1 Å². The molecule has 0 aromatic rings. The molecule has 66 valence electrons. The summed E-state index contributed by atoms with van der Waals surface area (Å²) in [6, 6.07) is 0.676. The Labute approximate surface area is 79.8 Å². The van der Waals surface area contributed by atoms with Gasteiger partial charge in [-0.1, -0.05) is 19.3 Å². The second kappa shape index (κ2) is 4.70. The first-order valence-electron chi connectivity index (χ1n) is 4.22. The molecule has 0 bridgehead atoms. The Bertz CT molecular complexity index is 115. The highest BCUT2D eigenvalue weighted by Crippen LogP contribution is 2.23. The van der Waals surface area contributed by atoms with Crippen LogP contribution >= 0.6 is 22.2 Å². The van der Waals surface area contributed by atoms with E-state index in [-0.39, 0.29) is 0 Å². The highest BCUT2D eigenvalue weighted by Gasteiger charge is 2.22. The van der Waals surface area contributed by atoms with Gasteiger partial charge in [0, 0.05) is 6.04 Å². The molecule has 0 N–H and O–H groups in total. The number of halogens is 2. The van der Waals surface area contributed by atoms with Gasteiger partial charge in [-0.3, -0.25) is 0 Å². The second-order valence-electron chi connectivity index (χ2n) is 3.23. The molecule has 0 saturated heterocycles. The van der Waals surface area contributed by atoms with Crippen LogP contribution in [0.5, 0.6) is 0 Å². The Morgan fingerprint density at radius 1 is 1.18 bits per heavy atom. The van der Waals surface area contributed by atoms with Crippen molar-refractivity contribution in [1.82, 2.24) is 4.57 Å². The summed E-state index contributed by atoms with van der Waals surface area (Å²) >= 11 is 11.8. The van der Waals surface area contributed by atoms with Crippen LogP contribution < -0.4 is 0 Å². The zero-order chi connectivity index (χ0) is 8.27. The van der Waals surface area contributed by atoms with Gasteiger partial charge in [0.15, 0.2) is 0 Å². The van der Waals surface area contributed by atoms with Gasteiger partial charge in [-0.25, -0.2) is 0 Å². The van der Waals surface area contributed by atoms with Crippen LogP contribution in [0.2, 0.25) is 0 Å². The normalized spacial score (nSPS) is 21.5. The summed E-state index contributed by atoms with van der Waals surface area (Å²) in [4.78, 5) is 0. The molecule has 0 heterocycles. The molecule has 1 saturated carbocycles. The maximum atomic E-state index is 5.89. The van der Waals surface area contributed by atoms with Crippen molar-refractivity contribution in [3.05, 3.63) is 0 Å². The van der Waals surface area contributed by atoms with E-state index < -0.39 is 7.58 Å². The minimum absolute atomic E-state index is 0.676. The number of nitrogens with zero attached hydrogens (tertiary/aromatic N) is 1. The molecule has 1 rings (SSSR count). The summed E-state index contributed by atoms with van der Waals surface area (Å²) in [7, 11) is 0.502. The minimum atomic E-state index is -1.56. The van der Waals surface area contributed by atoms with Crippen LogP contribution in [0.4, 0.5) is 0 Å². The van der Waals surface area contributed by atoms with Crippen molar-refractivity contribution in [3.63, 3.8) is 0 Å². The van der Waals surface area contributed by atoms with Gasteiger partial charge in [-0.05, 0) is 19.9 Å². The van der Waals surface area contributed by atoms with Crippen molar-refractivity contribution >= 4 is 29.7 Å². The standard InChI is InChI=1S/C7H15Cl2NSi/c1-10(11(8)9)7-5-3-2-4-6-7/h7,11H,2-6H2,1H3. The van der Waals surface area contributed by atoms with E-state index >= 15 is 0 Å². The molecular weight excluding hydrogens is 197 g/mol. The average Bonchev–Trinajstić information content (AvgIpc) is 2.05. The lowest BCUT2D eigenvalue weighted by molar-refractivity contribution is 0.292. The molecule has 0 unspecified atom stereocenters. The maximum Gasteiger partial charge on any atom is 0.309 e. The molecule has 0 aliphatic heterocycles. The average molecular weight is 212 g/mol. The number of hydrogen-bond donors (Lipinski definition) is 0. The highest BCUT2D eigenvalue weighted by atomic mass is 35.7. The van der Waals surface area contributed by atoms with Gasteiger partial charge < -0.3 is 4.57 Å². The Hall–Kier alpha value is 0.757. The maximum absolute atomic E-state index is 5.89. The van der Waals surface area contributed by atoms with E-state index in [9.17, 15) is 0 Å². The van der Waals surface area contributed by atoms with E-state index in [0.717, 1.165) is 0 Å². The van der Waals surface area contributed by atoms with Gasteiger partial charge in [-0.2, -0.15) is 0 Å². The Balaban J connectivity index is 2.32. The van der Waals surface area contributed by atoms with E-state index in [4.69, 9.17) is 22.2 Å². The van der Waals surface area contributed by atoms with Crippen LogP contribution in [0, 0.1) is 0 Å². The van der Waals surface area contributed by atoms with E-state index in [1.54, 1.807) is 0 Å². The number of hydrogen-bond acceptors (Lipinski definition) is 1. The summed E-state index contributed by atoms with van der Waals surface area (Å²) < 4.78 is 2.20. The molecule has 1 nitrogen and oxygen atoms in total. The van der Waals surface area contributed by atoms with Crippen molar-refractivity contribution in [1.29, 1.82) is 0 Å². The molecule has 1 fully saturated rings. The molecule has 0 aromatic heterocycles. The van der Waals surface area contributed by atoms with Gasteiger partial charge in [-0.15, -0.1) is 22.2 Å². The molecule has 0 atom stereocenters. The second-order valence-corrected chi connectivity index (χ2v) is 7.76. The molecular formula is C7H15Cl2NSi. The van der Waals surface area contributed by atoms with Gasteiger partial charge >= 0.3 is 7.58 Å². The highest BCUT2D eigenvalue weighted by molar-refractivity contribution is 7.32. The lowest BCUT2D eigenvalue weighted by atomic mass is 9.96. The minimum Gasteiger partial charge on any atom is -0.303 e. The molecule has 0 amide bonds. The molecule has 1 aliphatic rings. The van der Waals surface area contributed by atoms with E-state index in [1.807, 2.05) is 0 Å². The van der Waals surface area contributed by atoms with Crippen molar-refractivity contribution in [2.45, 2.75) is 38.1 Å². The monoisotopic (exact) mass is 211 g/mol. The third kappa shape index (κ3) is 2.94. The van der Waals surface area contributed by atoms with E-state index in [0.29, 0.717) is 6.04 Å². The van der Waals surface area contributed by atoms with Crippen molar-refractivity contribution in [2.75, 3.05) is 7.05 Å². The fourth-order valence-corrected chi connectivity index (χ4v) is 3.22. The van der Waals surface area contributed by atoms with Crippen LogP contribution in [0.25, 0.3) is 0 Å². The zero-order valence-corrected chi connectivity index (χ0v) is 9.56. The summed E-state index contributed by atoms with van der Waals surface area (Å²) in [6.45, 7) is 0. The summed E-state index contributed by atoms with van der Waals surface area (Å²) in [5.74, 6) is 0. The quantitative estimate of drug-likeness (QED) is 0.502. The molecule has 11 heavy (non-hydrogen) atoms. The molecule has 0 radical (unpaired) electrons. The van der Waals surface area contributed by atoms with Gasteiger partial charge in [0.25, 0.3) is 0 Å². The predicted octanol–water partition coefficient (Wildman–Crippen LogP) is 2.45. The predicted molar refractivity (Wildman–Crippen MR) is 53.5 cm³/mol.